The molecule has 1 aliphatic heterocycles. The van der Waals surface area contributed by atoms with Gasteiger partial charge in [-0.15, -0.1) is 0 Å². The Morgan fingerprint density at radius 3 is 2.48 bits per heavy atom. The number of benzene rings is 1. The Morgan fingerprint density at radius 2 is 1.90 bits per heavy atom. The maximum Gasteiger partial charge on any atom is 0.306 e. The summed E-state index contributed by atoms with van der Waals surface area (Å²) in [5.74, 6) is 0.0532. The lowest BCUT2D eigenvalue weighted by molar-refractivity contribution is -0.140. The maximum absolute atomic E-state index is 12.1. The lowest BCUT2D eigenvalue weighted by atomic mass is 9.92. The van der Waals surface area contributed by atoms with Gasteiger partial charge < -0.3 is 10.0 Å². The van der Waals surface area contributed by atoms with Crippen molar-refractivity contribution in [3.63, 3.8) is 0 Å². The number of carboxylic acid groups (broad SMARTS) is 1. The minimum Gasteiger partial charge on any atom is -0.481 e. The number of hydrogen-bond donors (Lipinski definition) is 1. The fourth-order valence-corrected chi connectivity index (χ4v) is 3.33. The summed E-state index contributed by atoms with van der Waals surface area (Å²) >= 11 is 3.39. The normalized spacial score (nSPS) is 24.5. The van der Waals surface area contributed by atoms with Gasteiger partial charge in [-0.2, -0.15) is 0 Å². The van der Waals surface area contributed by atoms with E-state index in [1.54, 1.807) is 0 Å². The summed E-state index contributed by atoms with van der Waals surface area (Å²) in [6.45, 7) is 1.49. The number of aryl methyl sites for hydroxylation is 1. The van der Waals surface area contributed by atoms with Gasteiger partial charge in [0, 0.05) is 24.0 Å². The minimum atomic E-state index is -0.681. The van der Waals surface area contributed by atoms with Crippen molar-refractivity contribution >= 4 is 27.8 Å². The van der Waals surface area contributed by atoms with Crippen LogP contribution in [-0.2, 0) is 16.0 Å². The summed E-state index contributed by atoms with van der Waals surface area (Å²) in [5.41, 5.74) is 1.16. The molecule has 2 atom stereocenters. The van der Waals surface area contributed by atoms with E-state index in [-0.39, 0.29) is 11.8 Å². The van der Waals surface area contributed by atoms with Gasteiger partial charge in [0.05, 0.1) is 5.92 Å². The highest BCUT2D eigenvalue weighted by Gasteiger charge is 2.51. The summed E-state index contributed by atoms with van der Waals surface area (Å²) in [4.78, 5) is 24.8. The number of carbonyl (C=O) groups excluding carboxylic acids is 1. The van der Waals surface area contributed by atoms with Gasteiger partial charge in [-0.05, 0) is 42.4 Å². The number of likely N-dealkylation sites (tertiary alicyclic amines) is 1. The number of amides is 1. The van der Waals surface area contributed by atoms with Crippen molar-refractivity contribution in [2.75, 3.05) is 13.1 Å². The van der Waals surface area contributed by atoms with E-state index in [1.807, 2.05) is 29.2 Å². The predicted molar refractivity (Wildman–Crippen MR) is 81.8 cm³/mol. The van der Waals surface area contributed by atoms with Crippen LogP contribution in [-0.4, -0.2) is 35.0 Å². The Balaban J connectivity index is 1.40. The first-order valence-corrected chi connectivity index (χ1v) is 8.09. The zero-order valence-electron chi connectivity index (χ0n) is 11.7. The molecule has 1 amide bonds. The summed E-state index contributed by atoms with van der Waals surface area (Å²) in [6.07, 6.45) is 2.08. The average molecular weight is 352 g/mol. The van der Waals surface area contributed by atoms with Gasteiger partial charge >= 0.3 is 5.97 Å². The lowest BCUT2D eigenvalue weighted by Crippen LogP contribution is -2.51. The molecule has 2 aliphatic rings. The number of carboxylic acids is 1. The van der Waals surface area contributed by atoms with Crippen molar-refractivity contribution in [3.05, 3.63) is 34.3 Å². The molecule has 0 radical (unpaired) electrons. The first kappa shape index (κ1) is 14.6. The van der Waals surface area contributed by atoms with Gasteiger partial charge in [-0.3, -0.25) is 9.59 Å². The Hall–Kier alpha value is -1.36. The molecule has 1 saturated carbocycles. The van der Waals surface area contributed by atoms with Crippen molar-refractivity contribution < 1.29 is 14.7 Å². The van der Waals surface area contributed by atoms with Crippen LogP contribution in [0.1, 0.15) is 18.4 Å². The molecule has 1 aromatic carbocycles. The molecule has 1 aliphatic carbocycles. The van der Waals surface area contributed by atoms with Crippen molar-refractivity contribution in [3.8, 4) is 0 Å². The van der Waals surface area contributed by atoms with Crippen molar-refractivity contribution in [2.24, 2.45) is 17.8 Å². The Bertz CT molecular complexity index is 551. The molecule has 0 bridgehead atoms. The number of aliphatic carboxylic acids is 1. The fourth-order valence-electron chi connectivity index (χ4n) is 3.07. The molecule has 4 nitrogen and oxygen atoms in total. The van der Waals surface area contributed by atoms with Crippen LogP contribution in [0.5, 0.6) is 0 Å². The quantitative estimate of drug-likeness (QED) is 0.886. The third kappa shape index (κ3) is 3.28. The van der Waals surface area contributed by atoms with Gasteiger partial charge in [-0.25, -0.2) is 0 Å². The second-order valence-corrected chi connectivity index (χ2v) is 6.95. The van der Waals surface area contributed by atoms with Crippen LogP contribution in [0.4, 0.5) is 0 Å². The summed E-state index contributed by atoms with van der Waals surface area (Å²) in [6, 6.07) is 8.02. The number of halogens is 1. The second-order valence-electron chi connectivity index (χ2n) is 6.03. The highest BCUT2D eigenvalue weighted by Crippen LogP contribution is 2.47. The number of nitrogens with zero attached hydrogens (tertiary/aromatic N) is 1. The second kappa shape index (κ2) is 5.79. The molecule has 1 aromatic rings. The van der Waals surface area contributed by atoms with Gasteiger partial charge in [0.2, 0.25) is 5.91 Å². The monoisotopic (exact) mass is 351 g/mol. The Kier molecular flexibility index (Phi) is 4.02. The molecule has 21 heavy (non-hydrogen) atoms. The molecular formula is C16H18BrNO3. The van der Waals surface area contributed by atoms with Crippen molar-refractivity contribution in [1.29, 1.82) is 0 Å². The molecule has 1 N–H and O–H groups in total. The first-order valence-electron chi connectivity index (χ1n) is 7.29. The highest BCUT2D eigenvalue weighted by molar-refractivity contribution is 9.10. The molecule has 1 heterocycles. The minimum absolute atomic E-state index is 0.157. The third-order valence-corrected chi connectivity index (χ3v) is 5.09. The average Bonchev–Trinajstić information content (AvgIpc) is 3.17. The SMILES string of the molecule is O=C(O)[C@@H]1C[C@H]1C1CN(C(=O)CCc2ccc(Br)cc2)C1. The molecule has 112 valence electrons. The van der Waals surface area contributed by atoms with E-state index >= 15 is 0 Å². The molecular weight excluding hydrogens is 334 g/mol. The van der Waals surface area contributed by atoms with Crippen LogP contribution in [0.25, 0.3) is 0 Å². The number of carbonyl (C=O) groups is 2. The van der Waals surface area contributed by atoms with E-state index in [0.717, 1.165) is 36.0 Å². The topological polar surface area (TPSA) is 57.6 Å². The van der Waals surface area contributed by atoms with Crippen LogP contribution in [0, 0.1) is 17.8 Å². The first-order chi connectivity index (χ1) is 10.0. The van der Waals surface area contributed by atoms with Crippen LogP contribution < -0.4 is 0 Å². The van der Waals surface area contributed by atoms with Gasteiger partial charge in [0.1, 0.15) is 0 Å². The lowest BCUT2D eigenvalue weighted by Gasteiger charge is -2.40. The van der Waals surface area contributed by atoms with Crippen LogP contribution in [0.3, 0.4) is 0 Å². The van der Waals surface area contributed by atoms with E-state index in [0.29, 0.717) is 18.3 Å². The smallest absolute Gasteiger partial charge is 0.306 e. The van der Waals surface area contributed by atoms with Gasteiger partial charge in [0.15, 0.2) is 0 Å². The van der Waals surface area contributed by atoms with E-state index in [4.69, 9.17) is 5.11 Å². The Morgan fingerprint density at radius 1 is 1.24 bits per heavy atom. The highest BCUT2D eigenvalue weighted by atomic mass is 79.9. The summed E-state index contributed by atoms with van der Waals surface area (Å²) in [7, 11) is 0. The van der Waals surface area contributed by atoms with Crippen molar-refractivity contribution in [2.45, 2.75) is 19.3 Å². The molecule has 3 rings (SSSR count). The van der Waals surface area contributed by atoms with Gasteiger partial charge in [-0.1, -0.05) is 28.1 Å². The van der Waals surface area contributed by atoms with E-state index in [2.05, 4.69) is 15.9 Å². The van der Waals surface area contributed by atoms with Crippen LogP contribution in [0.2, 0.25) is 0 Å². The summed E-state index contributed by atoms with van der Waals surface area (Å²) < 4.78 is 1.04. The van der Waals surface area contributed by atoms with Crippen molar-refractivity contribution in [1.82, 2.24) is 4.90 Å². The zero-order chi connectivity index (χ0) is 15.0. The van der Waals surface area contributed by atoms with Crippen LogP contribution in [0.15, 0.2) is 28.7 Å². The molecule has 5 heteroatoms. The van der Waals surface area contributed by atoms with E-state index in [9.17, 15) is 9.59 Å². The fraction of sp³-hybridized carbons (Fsp3) is 0.500. The van der Waals surface area contributed by atoms with Crippen LogP contribution >= 0.6 is 15.9 Å². The summed E-state index contributed by atoms with van der Waals surface area (Å²) in [5, 5.41) is 8.91. The number of rotatable bonds is 5. The molecule has 2 fully saturated rings. The predicted octanol–water partition coefficient (Wildman–Crippen LogP) is 2.56. The van der Waals surface area contributed by atoms with E-state index < -0.39 is 5.97 Å². The molecule has 1 saturated heterocycles. The third-order valence-electron chi connectivity index (χ3n) is 4.57. The van der Waals surface area contributed by atoms with E-state index in [1.165, 1.54) is 0 Å². The Labute approximate surface area is 132 Å². The van der Waals surface area contributed by atoms with Gasteiger partial charge in [0.25, 0.3) is 0 Å². The standard InChI is InChI=1S/C16H18BrNO3/c17-12-4-1-10(2-5-12)3-6-15(19)18-8-11(9-18)13-7-14(13)16(20)21/h1-2,4-5,11,13-14H,3,6-9H2,(H,20,21)/t13-,14+/m0/s1. The number of hydrogen-bond acceptors (Lipinski definition) is 2. The largest absolute Gasteiger partial charge is 0.481 e. The molecule has 0 spiro atoms. The maximum atomic E-state index is 12.1. The molecule has 0 unspecified atom stereocenters. The zero-order valence-corrected chi connectivity index (χ0v) is 13.3. The molecule has 0 aromatic heterocycles.